The third-order valence-electron chi connectivity index (χ3n) is 4.95. The molecule has 0 saturated carbocycles. The van der Waals surface area contributed by atoms with E-state index in [1.54, 1.807) is 24.3 Å². The molecule has 3 aliphatic rings. The molecule has 2 amide bonds. The maximum atomic E-state index is 12.5. The first-order chi connectivity index (χ1) is 10.7. The summed E-state index contributed by atoms with van der Waals surface area (Å²) in [6, 6.07) is 7.08. The molecule has 3 aliphatic heterocycles. The van der Waals surface area contributed by atoms with Gasteiger partial charge in [-0.05, 0) is 38.1 Å². The SMILES string of the molecule is O=C1c2ccccc2C(=O)N1CC1(CN2CCCC2)COC1. The molecular weight excluding hydrogens is 280 g/mol. The van der Waals surface area contributed by atoms with Gasteiger partial charge < -0.3 is 9.64 Å². The molecule has 0 unspecified atom stereocenters. The van der Waals surface area contributed by atoms with Crippen LogP contribution in [0.2, 0.25) is 0 Å². The van der Waals surface area contributed by atoms with Gasteiger partial charge >= 0.3 is 0 Å². The van der Waals surface area contributed by atoms with Crippen molar-refractivity contribution in [1.29, 1.82) is 0 Å². The molecule has 1 aromatic rings. The number of amides is 2. The van der Waals surface area contributed by atoms with E-state index < -0.39 is 0 Å². The van der Waals surface area contributed by atoms with Gasteiger partial charge in [0.05, 0.1) is 24.3 Å². The van der Waals surface area contributed by atoms with Crippen molar-refractivity contribution >= 4 is 11.8 Å². The lowest BCUT2D eigenvalue weighted by Gasteiger charge is -2.45. The van der Waals surface area contributed by atoms with Gasteiger partial charge in [-0.15, -0.1) is 0 Å². The first kappa shape index (κ1) is 13.9. The third kappa shape index (κ3) is 2.16. The average Bonchev–Trinajstić information content (AvgIpc) is 3.08. The highest BCUT2D eigenvalue weighted by Gasteiger charge is 2.46. The summed E-state index contributed by atoms with van der Waals surface area (Å²) in [5, 5.41) is 0. The van der Waals surface area contributed by atoms with Gasteiger partial charge in [-0.3, -0.25) is 14.5 Å². The van der Waals surface area contributed by atoms with E-state index in [1.165, 1.54) is 17.7 Å². The Labute approximate surface area is 129 Å². The topological polar surface area (TPSA) is 49.9 Å². The minimum absolute atomic E-state index is 0.0856. The molecule has 0 aliphatic carbocycles. The van der Waals surface area contributed by atoms with Crippen LogP contribution in [0.3, 0.4) is 0 Å². The van der Waals surface area contributed by atoms with Gasteiger partial charge in [0.1, 0.15) is 0 Å². The fourth-order valence-electron chi connectivity index (χ4n) is 3.76. The molecule has 5 heteroatoms. The van der Waals surface area contributed by atoms with E-state index in [-0.39, 0.29) is 17.2 Å². The van der Waals surface area contributed by atoms with E-state index >= 15 is 0 Å². The maximum Gasteiger partial charge on any atom is 0.261 e. The van der Waals surface area contributed by atoms with Gasteiger partial charge in [-0.25, -0.2) is 0 Å². The summed E-state index contributed by atoms with van der Waals surface area (Å²) in [6.45, 7) is 4.89. The third-order valence-corrected chi connectivity index (χ3v) is 4.95. The van der Waals surface area contributed by atoms with Crippen molar-refractivity contribution in [2.75, 3.05) is 39.4 Å². The van der Waals surface area contributed by atoms with Crippen molar-refractivity contribution in [3.8, 4) is 0 Å². The van der Waals surface area contributed by atoms with Gasteiger partial charge in [0.25, 0.3) is 11.8 Å². The summed E-state index contributed by atoms with van der Waals surface area (Å²) >= 11 is 0. The Kier molecular flexibility index (Phi) is 3.27. The summed E-state index contributed by atoms with van der Waals surface area (Å²) < 4.78 is 5.43. The quantitative estimate of drug-likeness (QED) is 0.789. The van der Waals surface area contributed by atoms with Gasteiger partial charge in [0.15, 0.2) is 0 Å². The van der Waals surface area contributed by atoms with Crippen LogP contribution < -0.4 is 0 Å². The fourth-order valence-corrected chi connectivity index (χ4v) is 3.76. The molecule has 4 rings (SSSR count). The van der Waals surface area contributed by atoms with Crippen molar-refractivity contribution < 1.29 is 14.3 Å². The van der Waals surface area contributed by atoms with E-state index in [9.17, 15) is 9.59 Å². The van der Waals surface area contributed by atoms with Crippen LogP contribution in [0.1, 0.15) is 33.6 Å². The lowest BCUT2D eigenvalue weighted by Crippen LogP contribution is -2.57. The maximum absolute atomic E-state index is 12.5. The lowest BCUT2D eigenvalue weighted by atomic mass is 9.84. The Morgan fingerprint density at radius 3 is 2.05 bits per heavy atom. The van der Waals surface area contributed by atoms with Crippen LogP contribution in [0.4, 0.5) is 0 Å². The van der Waals surface area contributed by atoms with Crippen molar-refractivity contribution in [1.82, 2.24) is 9.80 Å². The number of likely N-dealkylation sites (tertiary alicyclic amines) is 1. The van der Waals surface area contributed by atoms with Crippen LogP contribution in [-0.4, -0.2) is 61.0 Å². The molecule has 3 heterocycles. The number of nitrogens with zero attached hydrogens (tertiary/aromatic N) is 2. The minimum atomic E-state index is -0.159. The largest absolute Gasteiger partial charge is 0.380 e. The zero-order valence-electron chi connectivity index (χ0n) is 12.6. The Morgan fingerprint density at radius 1 is 0.955 bits per heavy atom. The second-order valence-electron chi connectivity index (χ2n) is 6.72. The monoisotopic (exact) mass is 300 g/mol. The zero-order chi connectivity index (χ0) is 15.2. The molecule has 0 atom stereocenters. The van der Waals surface area contributed by atoms with E-state index in [0.29, 0.717) is 30.9 Å². The summed E-state index contributed by atoms with van der Waals surface area (Å²) in [4.78, 5) is 28.9. The van der Waals surface area contributed by atoms with Crippen LogP contribution in [-0.2, 0) is 4.74 Å². The molecule has 2 saturated heterocycles. The smallest absolute Gasteiger partial charge is 0.261 e. The number of hydrogen-bond acceptors (Lipinski definition) is 4. The average molecular weight is 300 g/mol. The van der Waals surface area contributed by atoms with Gasteiger partial charge in [0.2, 0.25) is 0 Å². The second kappa shape index (κ2) is 5.18. The zero-order valence-corrected chi connectivity index (χ0v) is 12.6. The molecule has 0 N–H and O–H groups in total. The molecule has 5 nitrogen and oxygen atoms in total. The van der Waals surface area contributed by atoms with Crippen LogP contribution in [0.15, 0.2) is 24.3 Å². The highest BCUT2D eigenvalue weighted by atomic mass is 16.5. The highest BCUT2D eigenvalue weighted by molar-refractivity contribution is 6.21. The molecule has 0 radical (unpaired) electrons. The molecule has 2 fully saturated rings. The first-order valence-corrected chi connectivity index (χ1v) is 7.94. The summed E-state index contributed by atoms with van der Waals surface area (Å²) in [7, 11) is 0. The number of ether oxygens (including phenoxy) is 1. The number of hydrogen-bond donors (Lipinski definition) is 0. The molecule has 0 bridgehead atoms. The van der Waals surface area contributed by atoms with Gasteiger partial charge in [-0.1, -0.05) is 12.1 Å². The summed E-state index contributed by atoms with van der Waals surface area (Å²) in [6.07, 6.45) is 2.48. The van der Waals surface area contributed by atoms with Gasteiger partial charge in [-0.2, -0.15) is 0 Å². The number of benzene rings is 1. The minimum Gasteiger partial charge on any atom is -0.380 e. The summed E-state index contributed by atoms with van der Waals surface area (Å²) in [5.41, 5.74) is 0.977. The van der Waals surface area contributed by atoms with Crippen molar-refractivity contribution in [2.45, 2.75) is 12.8 Å². The standard InChI is InChI=1S/C17H20N2O3/c20-15-13-5-1-2-6-14(13)16(21)19(15)10-17(11-22-12-17)9-18-7-3-4-8-18/h1-2,5-6H,3-4,7-12H2. The predicted molar refractivity (Wildman–Crippen MR) is 80.7 cm³/mol. The molecule has 22 heavy (non-hydrogen) atoms. The molecule has 0 aromatic heterocycles. The molecule has 0 spiro atoms. The second-order valence-corrected chi connectivity index (χ2v) is 6.72. The Bertz CT molecular complexity index is 583. The van der Waals surface area contributed by atoms with Crippen molar-refractivity contribution in [3.63, 3.8) is 0 Å². The lowest BCUT2D eigenvalue weighted by molar-refractivity contribution is -0.129. The Balaban J connectivity index is 1.53. The van der Waals surface area contributed by atoms with Crippen LogP contribution >= 0.6 is 0 Å². The highest BCUT2D eigenvalue weighted by Crippen LogP contribution is 2.34. The van der Waals surface area contributed by atoms with Crippen molar-refractivity contribution in [2.24, 2.45) is 5.41 Å². The van der Waals surface area contributed by atoms with Gasteiger partial charge in [0, 0.05) is 18.5 Å². The van der Waals surface area contributed by atoms with Crippen LogP contribution in [0.5, 0.6) is 0 Å². The number of carbonyl (C=O) groups is 2. The van der Waals surface area contributed by atoms with E-state index in [1.807, 2.05) is 0 Å². The van der Waals surface area contributed by atoms with Crippen LogP contribution in [0, 0.1) is 5.41 Å². The molecule has 1 aromatic carbocycles. The van der Waals surface area contributed by atoms with Crippen LogP contribution in [0.25, 0.3) is 0 Å². The Hall–Kier alpha value is -1.72. The molecular formula is C17H20N2O3. The summed E-state index contributed by atoms with van der Waals surface area (Å²) in [5.74, 6) is -0.318. The van der Waals surface area contributed by atoms with E-state index in [4.69, 9.17) is 4.74 Å². The molecule has 116 valence electrons. The van der Waals surface area contributed by atoms with E-state index in [2.05, 4.69) is 4.90 Å². The normalized spacial score (nSPS) is 23.7. The predicted octanol–water partition coefficient (Wildman–Crippen LogP) is 1.40. The Morgan fingerprint density at radius 2 is 1.55 bits per heavy atom. The number of carbonyl (C=O) groups excluding carboxylic acids is 2. The van der Waals surface area contributed by atoms with Crippen molar-refractivity contribution in [3.05, 3.63) is 35.4 Å². The number of fused-ring (bicyclic) bond motifs is 1. The van der Waals surface area contributed by atoms with E-state index in [0.717, 1.165) is 19.6 Å². The number of imide groups is 1. The first-order valence-electron chi connectivity index (χ1n) is 7.94. The number of rotatable bonds is 4. The fraction of sp³-hybridized carbons (Fsp3) is 0.529.